The lowest BCUT2D eigenvalue weighted by Crippen LogP contribution is -2.47. The fourth-order valence-electron chi connectivity index (χ4n) is 5.75. The Hall–Kier alpha value is -2.98. The van der Waals surface area contributed by atoms with Crippen LogP contribution in [0.2, 0.25) is 18.1 Å². The van der Waals surface area contributed by atoms with E-state index >= 15 is 0 Å². The maximum atomic E-state index is 14.0. The van der Waals surface area contributed by atoms with E-state index in [9.17, 15) is 14.0 Å². The highest BCUT2D eigenvalue weighted by Gasteiger charge is 2.44. The van der Waals surface area contributed by atoms with Crippen molar-refractivity contribution in [2.45, 2.75) is 116 Å². The zero-order chi connectivity index (χ0) is 33.5. The molecule has 0 aliphatic carbocycles. The summed E-state index contributed by atoms with van der Waals surface area (Å²) in [6.07, 6.45) is 2.31. The number of likely N-dealkylation sites (tertiary alicyclic amines) is 1. The summed E-state index contributed by atoms with van der Waals surface area (Å²) in [5.74, 6) is 0.425. The smallest absolute Gasteiger partial charge is 0.410 e. The van der Waals surface area contributed by atoms with E-state index in [1.165, 1.54) is 12.1 Å². The minimum absolute atomic E-state index is 0.0335. The van der Waals surface area contributed by atoms with E-state index in [2.05, 4.69) is 47.7 Å². The molecule has 2 aliphatic rings. The van der Waals surface area contributed by atoms with Gasteiger partial charge in [0.15, 0.2) is 0 Å². The summed E-state index contributed by atoms with van der Waals surface area (Å²) in [6, 6.07) is 7.83. The normalized spacial score (nSPS) is 18.0. The molecule has 0 spiro atoms. The van der Waals surface area contributed by atoms with Gasteiger partial charge in [0.2, 0.25) is 11.8 Å². The fraction of sp³-hybridized carbons (Fsp3) is 0.629. The maximum absolute atomic E-state index is 14.0. The molecule has 2 amide bonds. The number of amides is 2. The number of ether oxygens (including phenoxy) is 1. The Morgan fingerprint density at radius 2 is 1.69 bits per heavy atom. The second-order valence-electron chi connectivity index (χ2n) is 16.0. The molecule has 8 nitrogen and oxygen atoms in total. The second-order valence-corrected chi connectivity index (χ2v) is 20.8. The van der Waals surface area contributed by atoms with Gasteiger partial charge in [-0.3, -0.25) is 4.79 Å². The summed E-state index contributed by atoms with van der Waals surface area (Å²) in [5.41, 5.74) is 9.07. The largest absolute Gasteiger partial charge is 0.530 e. The van der Waals surface area contributed by atoms with Gasteiger partial charge in [0.05, 0.1) is 17.4 Å². The lowest BCUT2D eigenvalue weighted by molar-refractivity contribution is -0.120. The van der Waals surface area contributed by atoms with E-state index < -0.39 is 25.4 Å². The molecular weight excluding hydrogens is 587 g/mol. The van der Waals surface area contributed by atoms with Crippen LogP contribution in [0.15, 0.2) is 30.3 Å². The van der Waals surface area contributed by atoms with Gasteiger partial charge in [0, 0.05) is 37.0 Å². The average Bonchev–Trinajstić information content (AvgIpc) is 3.17. The molecule has 1 aromatic heterocycles. The molecule has 4 rings (SSSR count). The van der Waals surface area contributed by atoms with Crippen LogP contribution in [0.3, 0.4) is 0 Å². The van der Waals surface area contributed by atoms with Crippen LogP contribution in [0.4, 0.5) is 14.9 Å². The zero-order valence-corrected chi connectivity index (χ0v) is 29.9. The summed E-state index contributed by atoms with van der Waals surface area (Å²) in [5, 5.41) is -0.0335. The number of nitrogens with zero attached hydrogens (tertiary/aromatic N) is 3. The van der Waals surface area contributed by atoms with Gasteiger partial charge in [0.25, 0.3) is 8.32 Å². The Balaban J connectivity index is 1.57. The Labute approximate surface area is 270 Å². The topological polar surface area (TPSA) is 98.0 Å². The second kappa shape index (κ2) is 12.7. The number of benzene rings is 1. The fourth-order valence-corrected chi connectivity index (χ4v) is 6.72. The number of hydrogen-bond acceptors (Lipinski definition) is 6. The van der Waals surface area contributed by atoms with Crippen LogP contribution >= 0.6 is 0 Å². The maximum Gasteiger partial charge on any atom is 0.410 e. The first-order valence-corrected chi connectivity index (χ1v) is 19.1. The Morgan fingerprint density at radius 1 is 1.09 bits per heavy atom. The van der Waals surface area contributed by atoms with Crippen molar-refractivity contribution >= 4 is 26.0 Å². The average molecular weight is 641 g/mol. The molecule has 0 bridgehead atoms. The van der Waals surface area contributed by atoms with Crippen LogP contribution in [-0.2, 0) is 21.4 Å². The lowest BCUT2D eigenvalue weighted by atomic mass is 9.90. The zero-order valence-electron chi connectivity index (χ0n) is 28.9. The Morgan fingerprint density at radius 3 is 2.24 bits per heavy atom. The molecule has 2 aliphatic heterocycles. The molecule has 1 aromatic carbocycles. The van der Waals surface area contributed by atoms with Crippen molar-refractivity contribution in [1.29, 1.82) is 0 Å². The minimum atomic E-state index is -2.24. The number of anilines is 1. The highest BCUT2D eigenvalue weighted by atomic mass is 28.4. The van der Waals surface area contributed by atoms with Gasteiger partial charge in [-0.15, -0.1) is 0 Å². The number of hydrogen-bond donors (Lipinski definition) is 1. The monoisotopic (exact) mass is 640 g/mol. The predicted molar refractivity (Wildman–Crippen MR) is 180 cm³/mol. The molecule has 1 saturated heterocycles. The first-order valence-electron chi connectivity index (χ1n) is 16.2. The quantitative estimate of drug-likeness (QED) is 0.322. The van der Waals surface area contributed by atoms with Crippen LogP contribution in [0.5, 0.6) is 5.88 Å². The summed E-state index contributed by atoms with van der Waals surface area (Å²) in [7, 11) is -2.24. The molecule has 248 valence electrons. The third-order valence-electron chi connectivity index (χ3n) is 9.43. The van der Waals surface area contributed by atoms with Gasteiger partial charge in [-0.25, -0.2) is 14.2 Å². The third kappa shape index (κ3) is 8.25. The summed E-state index contributed by atoms with van der Waals surface area (Å²) in [6.45, 7) is 22.4. The first kappa shape index (κ1) is 34.9. The van der Waals surface area contributed by atoms with Crippen LogP contribution in [0, 0.1) is 11.7 Å². The van der Waals surface area contributed by atoms with E-state index in [0.717, 1.165) is 35.3 Å². The van der Waals surface area contributed by atoms with Crippen molar-refractivity contribution < 1.29 is 23.1 Å². The molecular formula is C35H53FN4O4Si. The van der Waals surface area contributed by atoms with Crippen LogP contribution < -0.4 is 15.1 Å². The molecule has 3 heterocycles. The van der Waals surface area contributed by atoms with Crippen molar-refractivity contribution in [3.8, 4) is 5.88 Å². The van der Waals surface area contributed by atoms with Crippen LogP contribution in [0.1, 0.15) is 91.5 Å². The standard InChI is InChI=1S/C35H53FN4O4Si/c1-33(2,3)43-32(42)39-17-15-24(16-18-39)20-27(37)31(41)40-22-35(7,8)29-28(40)21-25(19-23-11-13-26(36)14-12-23)30(38-29)44-45(9,10)34(4,5)6/h11-14,21,24,27H,15-20,22,37H2,1-10H3/t27-/m0/s1. The third-order valence-corrected chi connectivity index (χ3v) is 13.7. The lowest BCUT2D eigenvalue weighted by Gasteiger charge is -2.36. The minimum Gasteiger partial charge on any atom is -0.530 e. The van der Waals surface area contributed by atoms with Gasteiger partial charge >= 0.3 is 6.09 Å². The molecule has 1 atom stereocenters. The van der Waals surface area contributed by atoms with Crippen LogP contribution in [-0.4, -0.2) is 61.5 Å². The number of halogens is 1. The van der Waals surface area contributed by atoms with Crippen LogP contribution in [0.25, 0.3) is 0 Å². The number of rotatable bonds is 7. The number of aromatic nitrogens is 1. The van der Waals surface area contributed by atoms with Crippen molar-refractivity contribution in [3.05, 3.63) is 53.0 Å². The molecule has 1 fully saturated rings. The van der Waals surface area contributed by atoms with Crippen molar-refractivity contribution in [3.63, 3.8) is 0 Å². The molecule has 0 saturated carbocycles. The molecule has 45 heavy (non-hydrogen) atoms. The number of nitrogens with two attached hydrogens (primary N) is 1. The van der Waals surface area contributed by atoms with E-state index in [4.69, 9.17) is 19.9 Å². The molecule has 2 aromatic rings. The van der Waals surface area contributed by atoms with Crippen molar-refractivity contribution in [1.82, 2.24) is 9.88 Å². The predicted octanol–water partition coefficient (Wildman–Crippen LogP) is 7.18. The van der Waals surface area contributed by atoms with Gasteiger partial charge < -0.3 is 24.7 Å². The van der Waals surface area contributed by atoms with E-state index in [1.807, 2.05) is 26.8 Å². The number of piperidine rings is 1. The molecule has 10 heteroatoms. The van der Waals surface area contributed by atoms with E-state index in [0.29, 0.717) is 38.4 Å². The van der Waals surface area contributed by atoms with Gasteiger partial charge in [-0.1, -0.05) is 46.8 Å². The van der Waals surface area contributed by atoms with E-state index in [-0.39, 0.29) is 28.8 Å². The highest BCUT2D eigenvalue weighted by Crippen LogP contribution is 2.44. The molecule has 2 N–H and O–H groups in total. The highest BCUT2D eigenvalue weighted by molar-refractivity contribution is 6.74. The molecule has 0 radical (unpaired) electrons. The summed E-state index contributed by atoms with van der Waals surface area (Å²) >= 11 is 0. The van der Waals surface area contributed by atoms with Gasteiger partial charge in [0.1, 0.15) is 11.4 Å². The number of pyridine rings is 1. The Bertz CT molecular complexity index is 1390. The summed E-state index contributed by atoms with van der Waals surface area (Å²) in [4.78, 5) is 35.1. The number of carbonyl (C=O) groups is 2. The first-order chi connectivity index (χ1) is 20.7. The number of carbonyl (C=O) groups excluding carboxylic acids is 2. The number of fused-ring (bicyclic) bond motifs is 1. The SMILES string of the molecule is CC(C)(C)OC(=O)N1CCC(C[C@H](N)C(=O)N2CC(C)(C)c3nc(O[Si](C)(C)C(C)(C)C)c(Cc4ccc(F)cc4)cc32)CC1. The van der Waals surface area contributed by atoms with E-state index in [1.54, 1.807) is 21.9 Å². The Kier molecular flexibility index (Phi) is 9.82. The van der Waals surface area contributed by atoms with Crippen molar-refractivity contribution in [2.75, 3.05) is 24.5 Å². The summed E-state index contributed by atoms with van der Waals surface area (Å²) < 4.78 is 26.0. The van der Waals surface area contributed by atoms with Gasteiger partial charge in [-0.2, -0.15) is 0 Å². The molecule has 0 unspecified atom stereocenters. The van der Waals surface area contributed by atoms with Crippen molar-refractivity contribution in [2.24, 2.45) is 11.7 Å². The van der Waals surface area contributed by atoms with Gasteiger partial charge in [-0.05, 0) is 87.8 Å².